The minimum Gasteiger partial charge on any atom is -0.308 e. The molecule has 1 heterocycles. The van der Waals surface area contributed by atoms with Crippen molar-refractivity contribution in [3.05, 3.63) is 0 Å². The number of piperazine rings is 1. The van der Waals surface area contributed by atoms with E-state index in [4.69, 9.17) is 0 Å². The van der Waals surface area contributed by atoms with E-state index in [9.17, 15) is 0 Å². The van der Waals surface area contributed by atoms with E-state index in [-0.39, 0.29) is 0 Å². The summed E-state index contributed by atoms with van der Waals surface area (Å²) in [5.41, 5.74) is 0.864. The molecular weight excluding hydrogens is 220 g/mol. The summed E-state index contributed by atoms with van der Waals surface area (Å²) in [4.78, 5) is 2.81. The lowest BCUT2D eigenvalue weighted by Gasteiger charge is -2.52. The monoisotopic (exact) mass is 252 g/mol. The average molecular weight is 252 g/mol. The highest BCUT2D eigenvalue weighted by molar-refractivity contribution is 5.05. The van der Waals surface area contributed by atoms with E-state index in [2.05, 4.69) is 31.0 Å². The van der Waals surface area contributed by atoms with Gasteiger partial charge in [-0.2, -0.15) is 0 Å². The molecule has 0 amide bonds. The summed E-state index contributed by atoms with van der Waals surface area (Å²) < 4.78 is 0. The van der Waals surface area contributed by atoms with Gasteiger partial charge in [0, 0.05) is 24.2 Å². The standard InChI is InChI=1S/C16H32N2/c1-4-6-9-12-18-14-16(10-7-8-11-16)17-13-15(18,3)5-2/h17H,4-14H2,1-3H3. The van der Waals surface area contributed by atoms with Crippen LogP contribution in [-0.4, -0.2) is 35.6 Å². The quantitative estimate of drug-likeness (QED) is 0.753. The molecule has 2 fully saturated rings. The largest absolute Gasteiger partial charge is 0.308 e. The third-order valence-electron chi connectivity index (χ3n) is 5.46. The summed E-state index contributed by atoms with van der Waals surface area (Å²) in [6.07, 6.45) is 11.0. The zero-order chi connectivity index (χ0) is 13.1. The maximum absolute atomic E-state index is 3.91. The molecule has 1 N–H and O–H groups in total. The van der Waals surface area contributed by atoms with Gasteiger partial charge in [-0.1, -0.05) is 39.5 Å². The van der Waals surface area contributed by atoms with Crippen molar-refractivity contribution in [3.8, 4) is 0 Å². The molecule has 2 rings (SSSR count). The van der Waals surface area contributed by atoms with E-state index < -0.39 is 0 Å². The van der Waals surface area contributed by atoms with E-state index in [1.165, 1.54) is 71.0 Å². The Morgan fingerprint density at radius 1 is 1.11 bits per heavy atom. The maximum Gasteiger partial charge on any atom is 0.0309 e. The van der Waals surface area contributed by atoms with Crippen molar-refractivity contribution in [2.45, 2.75) is 83.2 Å². The van der Waals surface area contributed by atoms with Crippen LogP contribution in [0.1, 0.15) is 72.1 Å². The molecule has 2 nitrogen and oxygen atoms in total. The van der Waals surface area contributed by atoms with Crippen LogP contribution in [0.15, 0.2) is 0 Å². The molecule has 1 atom stereocenters. The van der Waals surface area contributed by atoms with Gasteiger partial charge in [-0.25, -0.2) is 0 Å². The van der Waals surface area contributed by atoms with Gasteiger partial charge in [0.15, 0.2) is 0 Å². The van der Waals surface area contributed by atoms with Crippen molar-refractivity contribution < 1.29 is 0 Å². The second-order valence-corrected chi connectivity index (χ2v) is 6.82. The Hall–Kier alpha value is -0.0800. The highest BCUT2D eigenvalue weighted by Gasteiger charge is 2.44. The molecule has 2 heteroatoms. The van der Waals surface area contributed by atoms with E-state index in [1.54, 1.807) is 0 Å². The minimum absolute atomic E-state index is 0.390. The predicted molar refractivity (Wildman–Crippen MR) is 79.0 cm³/mol. The Labute approximate surface area is 114 Å². The number of hydrogen-bond acceptors (Lipinski definition) is 2. The molecule has 0 aromatic rings. The molecule has 1 unspecified atom stereocenters. The molecule has 106 valence electrons. The first kappa shape index (κ1) is 14.3. The summed E-state index contributed by atoms with van der Waals surface area (Å²) in [5.74, 6) is 0. The second kappa shape index (κ2) is 5.92. The zero-order valence-electron chi connectivity index (χ0n) is 12.7. The number of nitrogens with one attached hydrogen (secondary N) is 1. The van der Waals surface area contributed by atoms with Gasteiger partial charge >= 0.3 is 0 Å². The molecule has 1 aliphatic heterocycles. The summed E-state index contributed by atoms with van der Waals surface area (Å²) in [6, 6.07) is 0. The van der Waals surface area contributed by atoms with Gasteiger partial charge in [0.2, 0.25) is 0 Å². The SMILES string of the molecule is CCCCCN1CC2(CCCC2)NCC1(C)CC. The van der Waals surface area contributed by atoms with Crippen LogP contribution in [-0.2, 0) is 0 Å². The van der Waals surface area contributed by atoms with Gasteiger partial charge in [0.25, 0.3) is 0 Å². The molecule has 1 aliphatic carbocycles. The molecule has 0 radical (unpaired) electrons. The third kappa shape index (κ3) is 2.91. The van der Waals surface area contributed by atoms with Crippen molar-refractivity contribution in [3.63, 3.8) is 0 Å². The molecule has 1 spiro atoms. The normalized spacial score (nSPS) is 32.2. The number of unbranched alkanes of at least 4 members (excludes halogenated alkanes) is 2. The van der Waals surface area contributed by atoms with Crippen LogP contribution in [0.5, 0.6) is 0 Å². The lowest BCUT2D eigenvalue weighted by Crippen LogP contribution is -2.68. The van der Waals surface area contributed by atoms with Gasteiger partial charge in [-0.05, 0) is 39.2 Å². The topological polar surface area (TPSA) is 15.3 Å². The molecule has 1 saturated heterocycles. The third-order valence-corrected chi connectivity index (χ3v) is 5.46. The summed E-state index contributed by atoms with van der Waals surface area (Å²) in [7, 11) is 0. The van der Waals surface area contributed by atoms with Crippen LogP contribution < -0.4 is 5.32 Å². The lowest BCUT2D eigenvalue weighted by molar-refractivity contribution is 0.0132. The van der Waals surface area contributed by atoms with E-state index in [0.29, 0.717) is 11.1 Å². The Balaban J connectivity index is 1.99. The first-order valence-electron chi connectivity index (χ1n) is 8.14. The first-order valence-corrected chi connectivity index (χ1v) is 8.14. The highest BCUT2D eigenvalue weighted by atomic mass is 15.3. The first-order chi connectivity index (χ1) is 8.64. The fraction of sp³-hybridized carbons (Fsp3) is 1.00. The van der Waals surface area contributed by atoms with Gasteiger partial charge < -0.3 is 5.32 Å². The second-order valence-electron chi connectivity index (χ2n) is 6.82. The Bertz CT molecular complexity index is 258. The van der Waals surface area contributed by atoms with Crippen molar-refractivity contribution in [2.75, 3.05) is 19.6 Å². The predicted octanol–water partition coefficient (Wildman–Crippen LogP) is 3.56. The summed E-state index contributed by atoms with van der Waals surface area (Å²) >= 11 is 0. The van der Waals surface area contributed by atoms with Crippen LogP contribution in [0.2, 0.25) is 0 Å². The van der Waals surface area contributed by atoms with Crippen molar-refractivity contribution in [2.24, 2.45) is 0 Å². The number of hydrogen-bond donors (Lipinski definition) is 1. The van der Waals surface area contributed by atoms with E-state index in [1.807, 2.05) is 0 Å². The molecule has 1 saturated carbocycles. The van der Waals surface area contributed by atoms with Crippen molar-refractivity contribution in [1.82, 2.24) is 10.2 Å². The molecular formula is C16H32N2. The molecule has 0 bridgehead atoms. The van der Waals surface area contributed by atoms with Crippen LogP contribution >= 0.6 is 0 Å². The van der Waals surface area contributed by atoms with E-state index >= 15 is 0 Å². The van der Waals surface area contributed by atoms with Crippen LogP contribution in [0.25, 0.3) is 0 Å². The molecule has 0 aromatic carbocycles. The van der Waals surface area contributed by atoms with Gasteiger partial charge in [-0.15, -0.1) is 0 Å². The number of nitrogens with zero attached hydrogens (tertiary/aromatic N) is 1. The Kier molecular flexibility index (Phi) is 4.71. The maximum atomic E-state index is 3.91. The number of rotatable bonds is 5. The smallest absolute Gasteiger partial charge is 0.0309 e. The lowest BCUT2D eigenvalue weighted by atomic mass is 9.85. The van der Waals surface area contributed by atoms with Gasteiger partial charge in [0.1, 0.15) is 0 Å². The Morgan fingerprint density at radius 3 is 2.44 bits per heavy atom. The van der Waals surface area contributed by atoms with E-state index in [0.717, 1.165) is 0 Å². The van der Waals surface area contributed by atoms with Gasteiger partial charge in [-0.3, -0.25) is 4.90 Å². The summed E-state index contributed by atoms with van der Waals surface area (Å²) in [5, 5.41) is 3.91. The zero-order valence-corrected chi connectivity index (χ0v) is 12.7. The van der Waals surface area contributed by atoms with Crippen molar-refractivity contribution in [1.29, 1.82) is 0 Å². The fourth-order valence-corrected chi connectivity index (χ4v) is 3.74. The van der Waals surface area contributed by atoms with Crippen LogP contribution in [0.4, 0.5) is 0 Å². The van der Waals surface area contributed by atoms with Crippen LogP contribution in [0, 0.1) is 0 Å². The molecule has 0 aromatic heterocycles. The average Bonchev–Trinajstić information content (AvgIpc) is 2.83. The van der Waals surface area contributed by atoms with Crippen molar-refractivity contribution >= 4 is 0 Å². The highest BCUT2D eigenvalue weighted by Crippen LogP contribution is 2.36. The fourth-order valence-electron chi connectivity index (χ4n) is 3.74. The molecule has 18 heavy (non-hydrogen) atoms. The molecule has 2 aliphatic rings. The Morgan fingerprint density at radius 2 is 1.83 bits per heavy atom. The van der Waals surface area contributed by atoms with Crippen LogP contribution in [0.3, 0.4) is 0 Å². The minimum atomic E-state index is 0.390. The van der Waals surface area contributed by atoms with Gasteiger partial charge in [0.05, 0.1) is 0 Å². The summed E-state index contributed by atoms with van der Waals surface area (Å²) in [6.45, 7) is 10.9.